The van der Waals surface area contributed by atoms with Crippen molar-refractivity contribution in [2.45, 2.75) is 30.6 Å². The van der Waals surface area contributed by atoms with E-state index in [0.29, 0.717) is 10.0 Å². The van der Waals surface area contributed by atoms with E-state index in [4.69, 9.17) is 0 Å². The number of hydrogen-bond acceptors (Lipinski definition) is 2. The van der Waals surface area contributed by atoms with Gasteiger partial charge in [0.25, 0.3) is 0 Å². The highest BCUT2D eigenvalue weighted by Gasteiger charge is 2.18. The molecule has 1 aliphatic carbocycles. The lowest BCUT2D eigenvalue weighted by atomic mass is 10.1. The summed E-state index contributed by atoms with van der Waals surface area (Å²) in [5, 5.41) is 9.20. The molecule has 1 saturated carbocycles. The summed E-state index contributed by atoms with van der Waals surface area (Å²) in [5.41, 5.74) is 0.399. The van der Waals surface area contributed by atoms with Crippen molar-refractivity contribution in [1.29, 1.82) is 0 Å². The van der Waals surface area contributed by atoms with Crippen LogP contribution in [0.5, 0.6) is 0 Å². The number of aromatic carboxylic acids is 1. The first kappa shape index (κ1) is 13.0. The van der Waals surface area contributed by atoms with Gasteiger partial charge in [-0.3, -0.25) is 0 Å². The molecule has 1 aromatic carbocycles. The van der Waals surface area contributed by atoms with Gasteiger partial charge in [0.1, 0.15) is 0 Å². The van der Waals surface area contributed by atoms with E-state index in [9.17, 15) is 9.90 Å². The number of thioether (sulfide) groups is 1. The Morgan fingerprint density at radius 3 is 2.76 bits per heavy atom. The predicted octanol–water partition coefficient (Wildman–Crippen LogP) is 4.43. The standard InChI is InChI=1S/C13H15BrO2S/c14-10-6-3-7-11(12(10)13(15)16)17-8-9-4-1-2-5-9/h3,6-7,9H,1-2,4-5,8H2,(H,15,16). The van der Waals surface area contributed by atoms with Gasteiger partial charge in [0.05, 0.1) is 5.56 Å². The summed E-state index contributed by atoms with van der Waals surface area (Å²) in [6.45, 7) is 0. The Kier molecular flexibility index (Phi) is 4.51. The maximum atomic E-state index is 11.2. The van der Waals surface area contributed by atoms with Gasteiger partial charge < -0.3 is 5.11 Å². The summed E-state index contributed by atoms with van der Waals surface area (Å²) < 4.78 is 0.668. The molecule has 0 unspecified atom stereocenters. The first-order chi connectivity index (χ1) is 8.18. The summed E-state index contributed by atoms with van der Waals surface area (Å²) in [7, 11) is 0. The number of carbonyl (C=O) groups is 1. The molecule has 1 aromatic rings. The molecule has 4 heteroatoms. The van der Waals surface area contributed by atoms with E-state index in [1.54, 1.807) is 17.8 Å². The molecule has 1 aliphatic rings. The van der Waals surface area contributed by atoms with E-state index < -0.39 is 5.97 Å². The summed E-state index contributed by atoms with van der Waals surface area (Å²) in [6.07, 6.45) is 5.25. The van der Waals surface area contributed by atoms with E-state index in [0.717, 1.165) is 16.6 Å². The number of hydrogen-bond donors (Lipinski definition) is 1. The van der Waals surface area contributed by atoms with E-state index in [2.05, 4.69) is 15.9 Å². The first-order valence-electron chi connectivity index (χ1n) is 5.83. The molecule has 0 aromatic heterocycles. The lowest BCUT2D eigenvalue weighted by molar-refractivity contribution is 0.0692. The van der Waals surface area contributed by atoms with Crippen molar-refractivity contribution in [2.24, 2.45) is 5.92 Å². The van der Waals surface area contributed by atoms with Crippen LogP contribution >= 0.6 is 27.7 Å². The van der Waals surface area contributed by atoms with Gasteiger partial charge >= 0.3 is 5.97 Å². The minimum Gasteiger partial charge on any atom is -0.478 e. The summed E-state index contributed by atoms with van der Waals surface area (Å²) in [6, 6.07) is 5.57. The van der Waals surface area contributed by atoms with Gasteiger partial charge in [0, 0.05) is 15.1 Å². The molecule has 1 fully saturated rings. The molecule has 0 saturated heterocycles. The minimum atomic E-state index is -0.855. The molecule has 0 spiro atoms. The second-order valence-corrected chi connectivity index (χ2v) is 6.30. The van der Waals surface area contributed by atoms with Crippen molar-refractivity contribution in [1.82, 2.24) is 0 Å². The molecular weight excluding hydrogens is 300 g/mol. The van der Waals surface area contributed by atoms with Crippen LogP contribution in [0.4, 0.5) is 0 Å². The minimum absolute atomic E-state index is 0.399. The van der Waals surface area contributed by atoms with Crippen LogP contribution in [-0.4, -0.2) is 16.8 Å². The fourth-order valence-corrected chi connectivity index (χ4v) is 4.15. The molecule has 0 atom stereocenters. The molecular formula is C13H15BrO2S. The van der Waals surface area contributed by atoms with Crippen molar-refractivity contribution in [3.8, 4) is 0 Å². The normalized spacial score (nSPS) is 16.3. The fourth-order valence-electron chi connectivity index (χ4n) is 2.22. The maximum Gasteiger partial charge on any atom is 0.337 e. The van der Waals surface area contributed by atoms with Gasteiger partial charge in [-0.25, -0.2) is 4.79 Å². The average molecular weight is 315 g/mol. The van der Waals surface area contributed by atoms with E-state index in [-0.39, 0.29) is 0 Å². The van der Waals surface area contributed by atoms with Crippen molar-refractivity contribution in [2.75, 3.05) is 5.75 Å². The second kappa shape index (κ2) is 5.91. The topological polar surface area (TPSA) is 37.3 Å². The van der Waals surface area contributed by atoms with Crippen molar-refractivity contribution >= 4 is 33.7 Å². The number of carboxylic acid groups (broad SMARTS) is 1. The molecule has 0 radical (unpaired) electrons. The molecule has 2 nitrogen and oxygen atoms in total. The van der Waals surface area contributed by atoms with Gasteiger partial charge in [-0.2, -0.15) is 0 Å². The molecule has 2 rings (SSSR count). The van der Waals surface area contributed by atoms with Crippen LogP contribution in [-0.2, 0) is 0 Å². The van der Waals surface area contributed by atoms with Crippen LogP contribution in [0.15, 0.2) is 27.6 Å². The highest BCUT2D eigenvalue weighted by atomic mass is 79.9. The highest BCUT2D eigenvalue weighted by Crippen LogP contribution is 2.34. The van der Waals surface area contributed by atoms with Crippen LogP contribution in [0, 0.1) is 5.92 Å². The summed E-state index contributed by atoms with van der Waals surface area (Å²) in [4.78, 5) is 12.1. The molecule has 17 heavy (non-hydrogen) atoms. The molecule has 0 bridgehead atoms. The first-order valence-corrected chi connectivity index (χ1v) is 7.61. The third-order valence-corrected chi connectivity index (χ3v) is 5.09. The number of carboxylic acids is 1. The van der Waals surface area contributed by atoms with Crippen LogP contribution in [0.2, 0.25) is 0 Å². The smallest absolute Gasteiger partial charge is 0.337 e. The predicted molar refractivity (Wildman–Crippen MR) is 73.8 cm³/mol. The largest absolute Gasteiger partial charge is 0.478 e. The highest BCUT2D eigenvalue weighted by molar-refractivity contribution is 9.10. The Bertz CT molecular complexity index is 414. The number of halogens is 1. The zero-order valence-corrected chi connectivity index (χ0v) is 11.9. The summed E-state index contributed by atoms with van der Waals surface area (Å²) in [5.74, 6) is 0.948. The summed E-state index contributed by atoms with van der Waals surface area (Å²) >= 11 is 4.98. The third-order valence-electron chi connectivity index (χ3n) is 3.14. The molecule has 1 N–H and O–H groups in total. The Morgan fingerprint density at radius 2 is 2.12 bits per heavy atom. The Morgan fingerprint density at radius 1 is 1.41 bits per heavy atom. The van der Waals surface area contributed by atoms with Gasteiger partial charge in [0.15, 0.2) is 0 Å². The molecule has 0 heterocycles. The van der Waals surface area contributed by atoms with E-state index >= 15 is 0 Å². The maximum absolute atomic E-state index is 11.2. The lowest BCUT2D eigenvalue weighted by Crippen LogP contribution is -2.02. The van der Waals surface area contributed by atoms with E-state index in [1.807, 2.05) is 12.1 Å². The Balaban J connectivity index is 2.09. The van der Waals surface area contributed by atoms with Crippen molar-refractivity contribution in [3.63, 3.8) is 0 Å². The lowest BCUT2D eigenvalue weighted by Gasteiger charge is -2.11. The van der Waals surface area contributed by atoms with Gasteiger partial charge in [-0.15, -0.1) is 11.8 Å². The van der Waals surface area contributed by atoms with Crippen LogP contribution in [0.1, 0.15) is 36.0 Å². The van der Waals surface area contributed by atoms with Crippen LogP contribution in [0.25, 0.3) is 0 Å². The van der Waals surface area contributed by atoms with E-state index in [1.165, 1.54) is 25.7 Å². The Labute approximate surface area is 114 Å². The van der Waals surface area contributed by atoms with Crippen molar-refractivity contribution < 1.29 is 9.90 Å². The van der Waals surface area contributed by atoms with Crippen LogP contribution < -0.4 is 0 Å². The van der Waals surface area contributed by atoms with Gasteiger partial charge in [-0.1, -0.05) is 18.9 Å². The molecule has 92 valence electrons. The van der Waals surface area contributed by atoms with Gasteiger partial charge in [0.2, 0.25) is 0 Å². The number of benzene rings is 1. The SMILES string of the molecule is O=C(O)c1c(Br)cccc1SCC1CCCC1. The molecule has 0 aliphatic heterocycles. The zero-order valence-electron chi connectivity index (χ0n) is 9.49. The molecule has 0 amide bonds. The zero-order chi connectivity index (χ0) is 12.3. The van der Waals surface area contributed by atoms with Gasteiger partial charge in [-0.05, 0) is 46.8 Å². The average Bonchev–Trinajstić information content (AvgIpc) is 2.78. The Hall–Kier alpha value is -0.480. The quantitative estimate of drug-likeness (QED) is 0.835. The second-order valence-electron chi connectivity index (χ2n) is 4.38. The number of rotatable bonds is 4. The van der Waals surface area contributed by atoms with Crippen LogP contribution in [0.3, 0.4) is 0 Å². The van der Waals surface area contributed by atoms with Crippen molar-refractivity contribution in [3.05, 3.63) is 28.2 Å². The fraction of sp³-hybridized carbons (Fsp3) is 0.462. The third kappa shape index (κ3) is 3.26. The monoisotopic (exact) mass is 314 g/mol.